The fourth-order valence-corrected chi connectivity index (χ4v) is 2.47. The highest BCUT2D eigenvalue weighted by Crippen LogP contribution is 2.31. The zero-order valence-corrected chi connectivity index (χ0v) is 15.8. The molecule has 0 unspecified atom stereocenters. The first-order chi connectivity index (χ1) is 14.2. The topological polar surface area (TPSA) is 100 Å². The van der Waals surface area contributed by atoms with Gasteiger partial charge in [-0.2, -0.15) is 23.4 Å². The minimum absolute atomic E-state index is 0.00214. The van der Waals surface area contributed by atoms with Gasteiger partial charge in [-0.3, -0.25) is 9.48 Å². The van der Waals surface area contributed by atoms with Crippen molar-refractivity contribution in [1.82, 2.24) is 19.6 Å². The van der Waals surface area contributed by atoms with Crippen molar-refractivity contribution < 1.29 is 32.2 Å². The van der Waals surface area contributed by atoms with Crippen LogP contribution in [0.2, 0.25) is 0 Å². The van der Waals surface area contributed by atoms with Gasteiger partial charge in [0, 0.05) is 19.4 Å². The summed E-state index contributed by atoms with van der Waals surface area (Å²) in [6.45, 7) is -0.213. The Hall–Kier alpha value is -3.83. The number of esters is 1. The Balaban J connectivity index is 1.66. The number of carbonyl (C=O) groups is 2. The second-order valence-electron chi connectivity index (χ2n) is 6.05. The Kier molecular flexibility index (Phi) is 5.76. The van der Waals surface area contributed by atoms with Crippen LogP contribution < -0.4 is 10.1 Å². The molecule has 9 nitrogen and oxygen atoms in total. The van der Waals surface area contributed by atoms with Crippen LogP contribution in [0.15, 0.2) is 42.7 Å². The number of hydrogen-bond acceptors (Lipinski definition) is 6. The normalized spacial score (nSPS) is 11.2. The molecule has 0 spiro atoms. The number of methoxy groups -OCH3 is 1. The lowest BCUT2D eigenvalue weighted by Gasteiger charge is -2.10. The molecule has 0 fully saturated rings. The maximum Gasteiger partial charge on any atom is 0.416 e. The van der Waals surface area contributed by atoms with Gasteiger partial charge in [0.1, 0.15) is 5.75 Å². The van der Waals surface area contributed by atoms with Crippen molar-refractivity contribution in [3.63, 3.8) is 0 Å². The summed E-state index contributed by atoms with van der Waals surface area (Å²) in [5.74, 6) is -1.33. The molecular formula is C18H16F3N5O4. The van der Waals surface area contributed by atoms with Crippen LogP contribution in [0, 0.1) is 0 Å². The fourth-order valence-electron chi connectivity index (χ4n) is 2.47. The Labute approximate surface area is 168 Å². The molecule has 0 bridgehead atoms. The molecule has 158 valence electrons. The Morgan fingerprint density at radius 2 is 1.97 bits per heavy atom. The van der Waals surface area contributed by atoms with Crippen LogP contribution in [0.5, 0.6) is 5.75 Å². The molecule has 0 aliphatic carbocycles. The number of aryl methyl sites for hydroxylation is 1. The minimum atomic E-state index is -4.48. The van der Waals surface area contributed by atoms with Crippen molar-refractivity contribution in [1.29, 1.82) is 0 Å². The van der Waals surface area contributed by atoms with Crippen molar-refractivity contribution in [2.45, 2.75) is 12.9 Å². The van der Waals surface area contributed by atoms with Crippen molar-refractivity contribution in [2.75, 3.05) is 12.4 Å². The van der Waals surface area contributed by atoms with Gasteiger partial charge < -0.3 is 14.8 Å². The molecule has 0 saturated carbocycles. The number of amides is 1. The number of nitrogens with zero attached hydrogens (tertiary/aromatic N) is 4. The van der Waals surface area contributed by atoms with Gasteiger partial charge in [0.2, 0.25) is 0 Å². The number of anilines is 1. The zero-order valence-electron chi connectivity index (χ0n) is 15.8. The van der Waals surface area contributed by atoms with Gasteiger partial charge in [-0.1, -0.05) is 6.07 Å². The van der Waals surface area contributed by atoms with E-state index in [1.807, 2.05) is 0 Å². The average molecular weight is 423 g/mol. The number of alkyl halides is 3. The highest BCUT2D eigenvalue weighted by Gasteiger charge is 2.30. The van der Waals surface area contributed by atoms with Crippen LogP contribution in [0.1, 0.15) is 26.5 Å². The van der Waals surface area contributed by atoms with Crippen LogP contribution in [-0.2, 0) is 24.7 Å². The number of benzene rings is 1. The van der Waals surface area contributed by atoms with E-state index in [4.69, 9.17) is 4.74 Å². The van der Waals surface area contributed by atoms with E-state index in [0.29, 0.717) is 0 Å². The van der Waals surface area contributed by atoms with E-state index in [1.54, 1.807) is 7.05 Å². The lowest BCUT2D eigenvalue weighted by molar-refractivity contribution is -0.137. The number of halogens is 3. The summed E-state index contributed by atoms with van der Waals surface area (Å²) in [5, 5.41) is 10.4. The molecule has 2 aromatic heterocycles. The average Bonchev–Trinajstić information content (AvgIpc) is 3.32. The highest BCUT2D eigenvalue weighted by molar-refractivity contribution is 6.06. The smallest absolute Gasteiger partial charge is 0.416 e. The van der Waals surface area contributed by atoms with E-state index >= 15 is 0 Å². The number of hydrogen-bond donors (Lipinski definition) is 1. The number of ether oxygens (including phenoxy) is 2. The van der Waals surface area contributed by atoms with Crippen LogP contribution >= 0.6 is 0 Å². The standard InChI is InChI=1S/C18H16F3N5O4/c1-25-9-14(15(24-25)17(28)29-2)22-16(27)13-6-7-26(23-13)10-30-12-5-3-4-11(8-12)18(19,20)21/h3-9H,10H2,1-2H3,(H,22,27). The zero-order chi connectivity index (χ0) is 21.9. The van der Waals surface area contributed by atoms with Gasteiger partial charge in [-0.25, -0.2) is 9.48 Å². The molecular weight excluding hydrogens is 407 g/mol. The predicted molar refractivity (Wildman–Crippen MR) is 96.8 cm³/mol. The minimum Gasteiger partial charge on any atom is -0.471 e. The molecule has 0 radical (unpaired) electrons. The van der Waals surface area contributed by atoms with Gasteiger partial charge in [-0.15, -0.1) is 0 Å². The van der Waals surface area contributed by atoms with Gasteiger partial charge in [-0.05, 0) is 24.3 Å². The van der Waals surface area contributed by atoms with Crippen molar-refractivity contribution >= 4 is 17.6 Å². The molecule has 0 aliphatic rings. The molecule has 0 atom stereocenters. The first kappa shape index (κ1) is 20.9. The van der Waals surface area contributed by atoms with E-state index in [0.717, 1.165) is 12.1 Å². The molecule has 0 aliphatic heterocycles. The van der Waals surface area contributed by atoms with Crippen LogP contribution in [0.3, 0.4) is 0 Å². The highest BCUT2D eigenvalue weighted by atomic mass is 19.4. The molecule has 1 N–H and O–H groups in total. The van der Waals surface area contributed by atoms with Crippen LogP contribution in [0.4, 0.5) is 18.9 Å². The summed E-state index contributed by atoms with van der Waals surface area (Å²) in [6, 6.07) is 5.80. The second-order valence-corrected chi connectivity index (χ2v) is 6.05. The third-order valence-corrected chi connectivity index (χ3v) is 3.85. The predicted octanol–water partition coefficient (Wildman–Crippen LogP) is 2.71. The third-order valence-electron chi connectivity index (χ3n) is 3.85. The maximum absolute atomic E-state index is 12.8. The van der Waals surface area contributed by atoms with E-state index in [1.165, 1.54) is 47.1 Å². The number of carbonyl (C=O) groups excluding carboxylic acids is 2. The summed E-state index contributed by atoms with van der Waals surface area (Å²) < 4.78 is 50.7. The lowest BCUT2D eigenvalue weighted by Crippen LogP contribution is -2.16. The summed E-state index contributed by atoms with van der Waals surface area (Å²) in [6.07, 6.45) is -1.63. The Morgan fingerprint density at radius 3 is 2.67 bits per heavy atom. The summed E-state index contributed by atoms with van der Waals surface area (Å²) in [4.78, 5) is 24.1. The second kappa shape index (κ2) is 8.27. The van der Waals surface area contributed by atoms with E-state index in [9.17, 15) is 22.8 Å². The Bertz CT molecular complexity index is 1070. The number of aromatic nitrogens is 4. The molecule has 2 heterocycles. The van der Waals surface area contributed by atoms with E-state index in [2.05, 4.69) is 20.3 Å². The van der Waals surface area contributed by atoms with E-state index in [-0.39, 0.29) is 29.6 Å². The van der Waals surface area contributed by atoms with Gasteiger partial charge in [0.25, 0.3) is 5.91 Å². The van der Waals surface area contributed by atoms with Crippen molar-refractivity contribution in [2.24, 2.45) is 7.05 Å². The monoisotopic (exact) mass is 423 g/mol. The molecule has 1 amide bonds. The van der Waals surface area contributed by atoms with Crippen molar-refractivity contribution in [3.8, 4) is 5.75 Å². The maximum atomic E-state index is 12.8. The molecule has 0 saturated heterocycles. The first-order valence-corrected chi connectivity index (χ1v) is 8.44. The lowest BCUT2D eigenvalue weighted by atomic mass is 10.2. The summed E-state index contributed by atoms with van der Waals surface area (Å²) in [5.41, 5.74) is -0.759. The first-order valence-electron chi connectivity index (χ1n) is 8.44. The quantitative estimate of drug-likeness (QED) is 0.612. The summed E-state index contributed by atoms with van der Waals surface area (Å²) in [7, 11) is 2.76. The van der Waals surface area contributed by atoms with Gasteiger partial charge in [0.15, 0.2) is 18.1 Å². The van der Waals surface area contributed by atoms with Crippen molar-refractivity contribution in [3.05, 3.63) is 59.7 Å². The van der Waals surface area contributed by atoms with Gasteiger partial charge >= 0.3 is 12.1 Å². The molecule has 12 heteroatoms. The Morgan fingerprint density at radius 1 is 1.20 bits per heavy atom. The molecule has 3 aromatic rings. The molecule has 3 rings (SSSR count). The number of nitrogens with one attached hydrogen (secondary N) is 1. The molecule has 1 aromatic carbocycles. The van der Waals surface area contributed by atoms with Gasteiger partial charge in [0.05, 0.1) is 18.4 Å². The third kappa shape index (κ3) is 4.77. The fraction of sp³-hybridized carbons (Fsp3) is 0.222. The van der Waals surface area contributed by atoms with Crippen LogP contribution in [0.25, 0.3) is 0 Å². The van der Waals surface area contributed by atoms with E-state index < -0.39 is 23.6 Å². The SMILES string of the molecule is COC(=O)c1nn(C)cc1NC(=O)c1ccn(COc2cccc(C(F)(F)F)c2)n1. The summed E-state index contributed by atoms with van der Waals surface area (Å²) >= 11 is 0. The van der Waals surface area contributed by atoms with Crippen LogP contribution in [-0.4, -0.2) is 38.5 Å². The largest absolute Gasteiger partial charge is 0.471 e. The number of rotatable bonds is 6. The molecule has 30 heavy (non-hydrogen) atoms.